The maximum atomic E-state index is 13.3. The Hall–Kier alpha value is -0.960. The van der Waals surface area contributed by atoms with E-state index in [0.717, 1.165) is 6.92 Å². The lowest BCUT2D eigenvalue weighted by Crippen LogP contribution is -2.27. The second-order valence-electron chi connectivity index (χ2n) is 3.47. The number of likely N-dealkylation sites (N-methyl/N-ethyl adjacent to an activating group) is 1. The lowest BCUT2D eigenvalue weighted by Gasteiger charge is -2.20. The van der Waals surface area contributed by atoms with E-state index < -0.39 is 5.92 Å². The Morgan fingerprint density at radius 1 is 1.21 bits per heavy atom. The lowest BCUT2D eigenvalue weighted by molar-refractivity contribution is 0.0662. The standard InChI is InChI=1S/C12H19F2N.2C2H6/c1-6-8-10(9(3)15-5)11(7-2)12(4,13)14;2*1-2/h6-9,15H,2H2,1,3-5H3;2*1-2H3/b8-6-,11-10-;;. The summed E-state index contributed by atoms with van der Waals surface area (Å²) in [6, 6.07) is -0.125. The zero-order chi connectivity index (χ0) is 16.1. The maximum Gasteiger partial charge on any atom is 0.270 e. The van der Waals surface area contributed by atoms with E-state index in [1.54, 1.807) is 26.1 Å². The van der Waals surface area contributed by atoms with E-state index in [2.05, 4.69) is 11.9 Å². The first-order valence-corrected chi connectivity index (χ1v) is 6.93. The highest BCUT2D eigenvalue weighted by Gasteiger charge is 2.28. The quantitative estimate of drug-likeness (QED) is 0.666. The van der Waals surface area contributed by atoms with Gasteiger partial charge in [0.15, 0.2) is 0 Å². The van der Waals surface area contributed by atoms with Gasteiger partial charge in [-0.15, -0.1) is 0 Å². The SMILES string of the molecule is C=C/C(=C(\C=C/C)C(C)NC)C(C)(F)F.CC.CC. The predicted molar refractivity (Wildman–Crippen MR) is 83.9 cm³/mol. The van der Waals surface area contributed by atoms with Crippen LogP contribution in [0.3, 0.4) is 0 Å². The molecule has 0 aromatic heterocycles. The summed E-state index contributed by atoms with van der Waals surface area (Å²) in [7, 11) is 1.74. The number of hydrogen-bond acceptors (Lipinski definition) is 1. The van der Waals surface area contributed by atoms with Crippen molar-refractivity contribution < 1.29 is 8.78 Å². The number of halogens is 2. The summed E-state index contributed by atoms with van der Waals surface area (Å²) < 4.78 is 26.5. The van der Waals surface area contributed by atoms with E-state index in [9.17, 15) is 8.78 Å². The Morgan fingerprint density at radius 2 is 1.63 bits per heavy atom. The van der Waals surface area contributed by atoms with Crippen LogP contribution in [0.1, 0.15) is 48.5 Å². The van der Waals surface area contributed by atoms with Gasteiger partial charge in [0.05, 0.1) is 0 Å². The highest BCUT2D eigenvalue weighted by Crippen LogP contribution is 2.28. The number of allylic oxidation sites excluding steroid dienone is 3. The topological polar surface area (TPSA) is 12.0 Å². The predicted octanol–water partition coefficient (Wildman–Crippen LogP) is 5.36. The van der Waals surface area contributed by atoms with Gasteiger partial charge in [-0.25, -0.2) is 8.78 Å². The Morgan fingerprint density at radius 3 is 1.84 bits per heavy atom. The van der Waals surface area contributed by atoms with Crippen molar-refractivity contribution in [2.75, 3.05) is 7.05 Å². The molecule has 0 saturated carbocycles. The van der Waals surface area contributed by atoms with Gasteiger partial charge in [0, 0.05) is 18.5 Å². The van der Waals surface area contributed by atoms with Crippen LogP contribution >= 0.6 is 0 Å². The number of nitrogens with one attached hydrogen (secondary N) is 1. The molecule has 3 heteroatoms. The molecule has 1 nitrogen and oxygen atoms in total. The largest absolute Gasteiger partial charge is 0.313 e. The first-order chi connectivity index (χ1) is 8.88. The third-order valence-corrected chi connectivity index (χ3v) is 2.23. The van der Waals surface area contributed by atoms with E-state index in [0.29, 0.717) is 5.57 Å². The molecule has 1 unspecified atom stereocenters. The minimum absolute atomic E-state index is 0.0255. The van der Waals surface area contributed by atoms with E-state index in [1.165, 1.54) is 6.08 Å². The summed E-state index contributed by atoms with van der Waals surface area (Å²) in [6.07, 6.45) is 4.66. The lowest BCUT2D eigenvalue weighted by atomic mass is 9.97. The van der Waals surface area contributed by atoms with Crippen LogP contribution in [0.15, 0.2) is 36.0 Å². The molecule has 0 aromatic rings. The molecule has 0 rings (SSSR count). The smallest absolute Gasteiger partial charge is 0.270 e. The second kappa shape index (κ2) is 13.5. The summed E-state index contributed by atoms with van der Waals surface area (Å²) in [5.74, 6) is -2.86. The number of rotatable bonds is 5. The van der Waals surface area contributed by atoms with Gasteiger partial charge < -0.3 is 5.32 Å². The summed E-state index contributed by atoms with van der Waals surface area (Å²) in [5.41, 5.74) is 0.546. The van der Waals surface area contributed by atoms with Crippen molar-refractivity contribution in [3.63, 3.8) is 0 Å². The molecule has 0 heterocycles. The molecular weight excluding hydrogens is 244 g/mol. The molecule has 0 aliphatic rings. The van der Waals surface area contributed by atoms with Crippen molar-refractivity contribution >= 4 is 0 Å². The summed E-state index contributed by atoms with van der Waals surface area (Å²) >= 11 is 0. The van der Waals surface area contributed by atoms with Crippen molar-refractivity contribution in [2.24, 2.45) is 0 Å². The maximum absolute atomic E-state index is 13.3. The Kier molecular flexibility index (Phi) is 16.4. The normalized spacial score (nSPS) is 13.6. The minimum atomic E-state index is -2.86. The highest BCUT2D eigenvalue weighted by atomic mass is 19.3. The Balaban J connectivity index is -0.000000579. The molecule has 1 N–H and O–H groups in total. The van der Waals surface area contributed by atoms with Gasteiger partial charge in [-0.1, -0.05) is 52.5 Å². The molecule has 1 atom stereocenters. The van der Waals surface area contributed by atoms with Crippen LogP contribution in [0.2, 0.25) is 0 Å². The van der Waals surface area contributed by atoms with Crippen molar-refractivity contribution in [1.82, 2.24) is 5.32 Å². The van der Waals surface area contributed by atoms with Crippen molar-refractivity contribution in [2.45, 2.75) is 60.4 Å². The zero-order valence-electron chi connectivity index (χ0n) is 13.8. The average molecular weight is 275 g/mol. The van der Waals surface area contributed by atoms with Crippen molar-refractivity contribution in [1.29, 1.82) is 0 Å². The van der Waals surface area contributed by atoms with Crippen LogP contribution in [-0.4, -0.2) is 19.0 Å². The zero-order valence-corrected chi connectivity index (χ0v) is 13.8. The van der Waals surface area contributed by atoms with Crippen LogP contribution in [0.25, 0.3) is 0 Å². The first-order valence-electron chi connectivity index (χ1n) is 6.93. The molecular formula is C16H31F2N. The molecule has 19 heavy (non-hydrogen) atoms. The fourth-order valence-electron chi connectivity index (χ4n) is 1.35. The Labute approximate surface area is 118 Å². The number of alkyl halides is 2. The summed E-state index contributed by atoms with van der Waals surface area (Å²) in [6.45, 7) is 16.0. The molecule has 0 radical (unpaired) electrons. The van der Waals surface area contributed by atoms with E-state index in [4.69, 9.17) is 0 Å². The highest BCUT2D eigenvalue weighted by molar-refractivity contribution is 5.39. The minimum Gasteiger partial charge on any atom is -0.313 e. The van der Waals surface area contributed by atoms with Crippen LogP contribution in [0, 0.1) is 0 Å². The molecule has 0 fully saturated rings. The van der Waals surface area contributed by atoms with E-state index >= 15 is 0 Å². The van der Waals surface area contributed by atoms with Crippen LogP contribution in [0.5, 0.6) is 0 Å². The summed E-state index contributed by atoms with van der Waals surface area (Å²) in [5, 5.41) is 2.95. The molecule has 0 aliphatic carbocycles. The monoisotopic (exact) mass is 275 g/mol. The molecule has 114 valence electrons. The summed E-state index contributed by atoms with van der Waals surface area (Å²) in [4.78, 5) is 0. The van der Waals surface area contributed by atoms with Gasteiger partial charge in [-0.2, -0.15) is 0 Å². The van der Waals surface area contributed by atoms with Gasteiger partial charge in [-0.3, -0.25) is 0 Å². The van der Waals surface area contributed by atoms with E-state index in [-0.39, 0.29) is 11.6 Å². The molecule has 0 aliphatic heterocycles. The van der Waals surface area contributed by atoms with Crippen molar-refractivity contribution in [3.05, 3.63) is 36.0 Å². The third kappa shape index (κ3) is 9.60. The van der Waals surface area contributed by atoms with Gasteiger partial charge in [0.2, 0.25) is 0 Å². The van der Waals surface area contributed by atoms with Gasteiger partial charge in [-0.05, 0) is 26.5 Å². The van der Waals surface area contributed by atoms with Gasteiger partial charge >= 0.3 is 0 Å². The van der Waals surface area contributed by atoms with E-state index in [1.807, 2.05) is 34.6 Å². The first kappa shape index (κ1) is 23.2. The molecule has 0 amide bonds. The second-order valence-corrected chi connectivity index (χ2v) is 3.47. The number of hydrogen-bond donors (Lipinski definition) is 1. The average Bonchev–Trinajstić information content (AvgIpc) is 2.41. The van der Waals surface area contributed by atoms with Gasteiger partial charge in [0.25, 0.3) is 5.92 Å². The molecule has 0 saturated heterocycles. The van der Waals surface area contributed by atoms with Gasteiger partial charge in [0.1, 0.15) is 0 Å². The van der Waals surface area contributed by atoms with Crippen LogP contribution in [0.4, 0.5) is 8.78 Å². The van der Waals surface area contributed by atoms with Crippen LogP contribution < -0.4 is 5.32 Å². The molecule has 0 aromatic carbocycles. The van der Waals surface area contributed by atoms with Crippen LogP contribution in [-0.2, 0) is 0 Å². The van der Waals surface area contributed by atoms with Crippen molar-refractivity contribution in [3.8, 4) is 0 Å². The third-order valence-electron chi connectivity index (χ3n) is 2.23. The molecule has 0 spiro atoms. The fraction of sp³-hybridized carbons (Fsp3) is 0.625. The molecule has 0 bridgehead atoms. The fourth-order valence-corrected chi connectivity index (χ4v) is 1.35. The Bertz CT molecular complexity index is 273.